The lowest BCUT2D eigenvalue weighted by Gasteiger charge is -2.25. The van der Waals surface area contributed by atoms with Crippen molar-refractivity contribution in [2.45, 2.75) is 50.1 Å². The summed E-state index contributed by atoms with van der Waals surface area (Å²) in [6, 6.07) is 19.1. The van der Waals surface area contributed by atoms with Crippen LogP contribution in [-0.4, -0.2) is 30.6 Å². The molecule has 0 spiro atoms. The Morgan fingerprint density at radius 2 is 1.50 bits per heavy atom. The van der Waals surface area contributed by atoms with Gasteiger partial charge in [-0.1, -0.05) is 67.8 Å². The molecule has 0 aromatic heterocycles. The fourth-order valence-corrected chi connectivity index (χ4v) is 4.35. The van der Waals surface area contributed by atoms with Crippen molar-refractivity contribution in [2.75, 3.05) is 11.4 Å². The molecule has 2 aromatic carbocycles. The van der Waals surface area contributed by atoms with Crippen molar-refractivity contribution in [1.29, 1.82) is 0 Å². The van der Waals surface area contributed by atoms with Gasteiger partial charge in [0.2, 0.25) is 5.91 Å². The Kier molecular flexibility index (Phi) is 5.60. The number of para-hydroxylation sites is 1. The van der Waals surface area contributed by atoms with Gasteiger partial charge in [0.25, 0.3) is 0 Å². The number of benzene rings is 2. The normalized spacial score (nSPS) is 22.9. The summed E-state index contributed by atoms with van der Waals surface area (Å²) in [4.78, 5) is 27.6. The van der Waals surface area contributed by atoms with E-state index in [1.807, 2.05) is 60.7 Å². The fourth-order valence-electron chi connectivity index (χ4n) is 4.35. The van der Waals surface area contributed by atoms with E-state index in [-0.39, 0.29) is 23.9 Å². The third-order valence-electron chi connectivity index (χ3n) is 5.84. The molecule has 1 aliphatic carbocycles. The molecule has 1 saturated heterocycles. The molecule has 2 fully saturated rings. The van der Waals surface area contributed by atoms with Gasteiger partial charge >= 0.3 is 6.03 Å². The molecule has 0 bridgehead atoms. The van der Waals surface area contributed by atoms with Crippen LogP contribution in [0.2, 0.25) is 0 Å². The van der Waals surface area contributed by atoms with Gasteiger partial charge in [-0.15, -0.1) is 0 Å². The number of carbonyl (C=O) groups excluding carboxylic acids is 2. The summed E-state index contributed by atoms with van der Waals surface area (Å²) >= 11 is 0. The molecule has 2 N–H and O–H groups in total. The zero-order valence-electron chi connectivity index (χ0n) is 16.0. The molecule has 2 atom stereocenters. The highest BCUT2D eigenvalue weighted by Crippen LogP contribution is 2.32. The third-order valence-corrected chi connectivity index (χ3v) is 5.84. The maximum atomic E-state index is 13.2. The van der Waals surface area contributed by atoms with Gasteiger partial charge in [-0.3, -0.25) is 4.79 Å². The molecule has 5 heteroatoms. The van der Waals surface area contributed by atoms with E-state index in [9.17, 15) is 9.59 Å². The summed E-state index contributed by atoms with van der Waals surface area (Å²) in [6.45, 7) is 0.557. The first-order chi connectivity index (χ1) is 13.7. The second kappa shape index (κ2) is 8.46. The largest absolute Gasteiger partial charge is 0.335 e. The number of anilines is 1. The van der Waals surface area contributed by atoms with Crippen LogP contribution in [0.3, 0.4) is 0 Å². The lowest BCUT2D eigenvalue weighted by molar-refractivity contribution is -0.118. The molecule has 28 heavy (non-hydrogen) atoms. The predicted molar refractivity (Wildman–Crippen MR) is 110 cm³/mol. The van der Waals surface area contributed by atoms with Crippen LogP contribution >= 0.6 is 0 Å². The quantitative estimate of drug-likeness (QED) is 0.851. The van der Waals surface area contributed by atoms with Crippen molar-refractivity contribution < 1.29 is 9.59 Å². The van der Waals surface area contributed by atoms with E-state index in [4.69, 9.17) is 0 Å². The average molecular weight is 377 g/mol. The van der Waals surface area contributed by atoms with Gasteiger partial charge in [0, 0.05) is 24.2 Å². The molecule has 3 amide bonds. The number of carbonyl (C=O) groups is 2. The van der Waals surface area contributed by atoms with E-state index in [0.717, 1.165) is 36.9 Å². The Hall–Kier alpha value is -2.82. The molecule has 0 radical (unpaired) electrons. The van der Waals surface area contributed by atoms with E-state index in [1.54, 1.807) is 4.90 Å². The third kappa shape index (κ3) is 4.03. The van der Waals surface area contributed by atoms with Crippen molar-refractivity contribution >= 4 is 17.6 Å². The highest BCUT2D eigenvalue weighted by Gasteiger charge is 2.42. The van der Waals surface area contributed by atoms with Gasteiger partial charge in [-0.2, -0.15) is 0 Å². The number of amides is 3. The van der Waals surface area contributed by atoms with E-state index in [2.05, 4.69) is 10.6 Å². The Balaban J connectivity index is 1.53. The van der Waals surface area contributed by atoms with Gasteiger partial charge in [-0.25, -0.2) is 4.79 Å². The maximum Gasteiger partial charge on any atom is 0.315 e. The number of urea groups is 1. The minimum atomic E-state index is -0.564. The molecule has 5 nitrogen and oxygen atoms in total. The molecule has 1 saturated carbocycles. The van der Waals surface area contributed by atoms with Crippen LogP contribution in [0.4, 0.5) is 10.5 Å². The minimum absolute atomic E-state index is 0.0566. The summed E-state index contributed by atoms with van der Waals surface area (Å²) < 4.78 is 0. The molecule has 146 valence electrons. The Morgan fingerprint density at radius 1 is 0.857 bits per heavy atom. The van der Waals surface area contributed by atoms with E-state index in [1.165, 1.54) is 6.42 Å². The van der Waals surface area contributed by atoms with Gasteiger partial charge in [0.1, 0.15) is 6.04 Å². The molecule has 2 aromatic rings. The van der Waals surface area contributed by atoms with Crippen molar-refractivity contribution in [2.24, 2.45) is 0 Å². The van der Waals surface area contributed by atoms with Crippen LogP contribution in [-0.2, 0) is 4.79 Å². The van der Waals surface area contributed by atoms with Crippen LogP contribution in [0, 0.1) is 0 Å². The first-order valence-electron chi connectivity index (χ1n) is 10.2. The Labute approximate surface area is 166 Å². The monoisotopic (exact) mass is 377 g/mol. The Bertz CT molecular complexity index is 803. The van der Waals surface area contributed by atoms with Crippen LogP contribution < -0.4 is 15.5 Å². The standard InChI is InChI=1S/C23H27N3O2/c27-22-21(25-23(28)24-18-12-6-2-7-13-18)20(17-10-4-1-5-11-17)16-26(22)19-14-8-3-9-15-19/h1,3-5,8-11,14-15,18,20-21H,2,6-7,12-13,16H2,(H2,24,25,28)/t20-,21-/m0/s1. The smallest absolute Gasteiger partial charge is 0.315 e. The molecule has 4 rings (SSSR count). The second-order valence-electron chi connectivity index (χ2n) is 7.73. The Morgan fingerprint density at radius 3 is 2.18 bits per heavy atom. The molecule has 2 aliphatic rings. The minimum Gasteiger partial charge on any atom is -0.335 e. The van der Waals surface area contributed by atoms with Gasteiger partial charge < -0.3 is 15.5 Å². The number of hydrogen-bond donors (Lipinski definition) is 2. The number of hydrogen-bond acceptors (Lipinski definition) is 2. The van der Waals surface area contributed by atoms with Crippen molar-refractivity contribution in [3.8, 4) is 0 Å². The lowest BCUT2D eigenvalue weighted by atomic mass is 9.94. The van der Waals surface area contributed by atoms with Crippen LogP contribution in [0.1, 0.15) is 43.6 Å². The molecular formula is C23H27N3O2. The van der Waals surface area contributed by atoms with E-state index in [0.29, 0.717) is 6.54 Å². The highest BCUT2D eigenvalue weighted by molar-refractivity contribution is 6.02. The highest BCUT2D eigenvalue weighted by atomic mass is 16.2. The first-order valence-corrected chi connectivity index (χ1v) is 10.2. The molecular weight excluding hydrogens is 350 g/mol. The van der Waals surface area contributed by atoms with Gasteiger partial charge in [0.05, 0.1) is 0 Å². The van der Waals surface area contributed by atoms with E-state index >= 15 is 0 Å². The number of nitrogens with one attached hydrogen (secondary N) is 2. The summed E-state index contributed by atoms with van der Waals surface area (Å²) in [5, 5.41) is 6.06. The van der Waals surface area contributed by atoms with E-state index < -0.39 is 6.04 Å². The topological polar surface area (TPSA) is 61.4 Å². The predicted octanol–water partition coefficient (Wildman–Crippen LogP) is 3.82. The number of nitrogens with zero attached hydrogens (tertiary/aromatic N) is 1. The SMILES string of the molecule is O=C(NC1CCCCC1)N[C@@H]1C(=O)N(c2ccccc2)C[C@H]1c1ccccc1. The second-order valence-corrected chi connectivity index (χ2v) is 7.73. The van der Waals surface area contributed by atoms with Crippen LogP contribution in [0.25, 0.3) is 0 Å². The van der Waals surface area contributed by atoms with Crippen LogP contribution in [0.5, 0.6) is 0 Å². The van der Waals surface area contributed by atoms with Crippen LogP contribution in [0.15, 0.2) is 60.7 Å². The summed E-state index contributed by atoms with van der Waals surface area (Å²) in [5.74, 6) is -0.134. The van der Waals surface area contributed by atoms with Crippen molar-refractivity contribution in [3.05, 3.63) is 66.2 Å². The molecule has 1 heterocycles. The lowest BCUT2D eigenvalue weighted by Crippen LogP contribution is -2.50. The summed E-state index contributed by atoms with van der Waals surface area (Å²) in [6.07, 6.45) is 5.58. The number of rotatable bonds is 4. The fraction of sp³-hybridized carbons (Fsp3) is 0.391. The van der Waals surface area contributed by atoms with Gasteiger partial charge in [-0.05, 0) is 30.5 Å². The average Bonchev–Trinajstić information content (AvgIpc) is 3.06. The molecule has 0 unspecified atom stereocenters. The summed E-state index contributed by atoms with van der Waals surface area (Å²) in [7, 11) is 0. The van der Waals surface area contributed by atoms with Crippen molar-refractivity contribution in [1.82, 2.24) is 10.6 Å². The van der Waals surface area contributed by atoms with Crippen molar-refractivity contribution in [3.63, 3.8) is 0 Å². The zero-order valence-corrected chi connectivity index (χ0v) is 16.0. The maximum absolute atomic E-state index is 13.2. The van der Waals surface area contributed by atoms with Gasteiger partial charge in [0.15, 0.2) is 0 Å². The summed E-state index contributed by atoms with van der Waals surface area (Å²) in [5.41, 5.74) is 1.93. The molecule has 1 aliphatic heterocycles. The zero-order chi connectivity index (χ0) is 19.3. The first kappa shape index (κ1) is 18.5.